The van der Waals surface area contributed by atoms with Gasteiger partial charge in [0.05, 0.1) is 17.2 Å². The Morgan fingerprint density at radius 2 is 1.67 bits per heavy atom. The molecular weight excluding hydrogens is 594 g/mol. The summed E-state index contributed by atoms with van der Waals surface area (Å²) in [5.74, 6) is -0.349. The number of ether oxygens (including phenoxy) is 1. The summed E-state index contributed by atoms with van der Waals surface area (Å²) >= 11 is 5.98. The number of rotatable bonds is 6. The van der Waals surface area contributed by atoms with Gasteiger partial charge >= 0.3 is 18.4 Å². The third-order valence-corrected chi connectivity index (χ3v) is 7.71. The van der Waals surface area contributed by atoms with E-state index in [0.29, 0.717) is 17.2 Å². The Hall–Kier alpha value is -3.07. The first-order valence-electron chi connectivity index (χ1n) is 13.0. The molecule has 2 heterocycles. The van der Waals surface area contributed by atoms with E-state index in [-0.39, 0.29) is 51.0 Å². The van der Waals surface area contributed by atoms with E-state index >= 15 is 0 Å². The van der Waals surface area contributed by atoms with Crippen LogP contribution in [-0.4, -0.2) is 69.4 Å². The predicted octanol–water partition coefficient (Wildman–Crippen LogP) is 4.82. The molecule has 3 atom stereocenters. The highest BCUT2D eigenvalue weighted by molar-refractivity contribution is 6.30. The number of benzene rings is 2. The monoisotopic (exact) mass is 622 g/mol. The fraction of sp³-hybridized carbons (Fsp3) is 0.481. The van der Waals surface area contributed by atoms with Crippen LogP contribution in [-0.2, 0) is 35.0 Å². The molecule has 230 valence electrons. The number of aliphatic hydroxyl groups excluding tert-OH is 1. The van der Waals surface area contributed by atoms with Crippen LogP contribution in [0.4, 0.5) is 31.1 Å². The number of nitrogens with zero attached hydrogens (tertiary/aromatic N) is 3. The molecule has 0 spiro atoms. The molecule has 2 amide bonds. The second kappa shape index (κ2) is 11.9. The summed E-state index contributed by atoms with van der Waals surface area (Å²) in [6.45, 7) is 0.862. The van der Waals surface area contributed by atoms with Crippen molar-refractivity contribution in [3.8, 4) is 0 Å². The molecule has 0 aliphatic carbocycles. The summed E-state index contributed by atoms with van der Waals surface area (Å²) in [5, 5.41) is 11.7. The average molecular weight is 623 g/mol. The van der Waals surface area contributed by atoms with Gasteiger partial charge in [0, 0.05) is 31.1 Å². The van der Waals surface area contributed by atoms with Gasteiger partial charge in [-0.05, 0) is 61.3 Å². The normalized spacial score (nSPS) is 23.6. The van der Waals surface area contributed by atoms with Gasteiger partial charge in [0.15, 0.2) is 0 Å². The Labute approximate surface area is 242 Å². The Morgan fingerprint density at radius 3 is 2.21 bits per heavy atom. The standard InChI is InChI=1S/C27H29ClF6N4O4/c1-25-15-36(13-16-2-4-20(28)5-3-16)23(40)21(6-8-35)38(25)22(39)7-9-37(25)24(41)42-14-17-10-18(26(29,30)31)12-19(11-17)27(32,33)34/h2-5,10-12,21,23,40H,6-9,13-15,35H2,1H3/t21-,23?,25+/m0/s1. The molecule has 15 heteroatoms. The average Bonchev–Trinajstić information content (AvgIpc) is 2.90. The van der Waals surface area contributed by atoms with Gasteiger partial charge in [-0.25, -0.2) is 4.79 Å². The van der Waals surface area contributed by atoms with Crippen LogP contribution in [0.25, 0.3) is 0 Å². The van der Waals surface area contributed by atoms with Crippen molar-refractivity contribution in [3.05, 3.63) is 69.7 Å². The molecule has 0 saturated carbocycles. The van der Waals surface area contributed by atoms with Crippen LogP contribution in [0, 0.1) is 0 Å². The number of carbonyl (C=O) groups is 2. The Bertz CT molecular complexity index is 1280. The van der Waals surface area contributed by atoms with Crippen molar-refractivity contribution in [1.29, 1.82) is 0 Å². The first kappa shape index (κ1) is 31.9. The molecule has 42 heavy (non-hydrogen) atoms. The number of alkyl halides is 6. The number of fused-ring (bicyclic) bond motifs is 1. The third-order valence-electron chi connectivity index (χ3n) is 7.46. The van der Waals surface area contributed by atoms with Gasteiger partial charge in [-0.2, -0.15) is 26.3 Å². The highest BCUT2D eigenvalue weighted by atomic mass is 35.5. The lowest BCUT2D eigenvalue weighted by atomic mass is 9.92. The van der Waals surface area contributed by atoms with Crippen LogP contribution in [0.15, 0.2) is 42.5 Å². The maximum Gasteiger partial charge on any atom is 0.416 e. The van der Waals surface area contributed by atoms with Gasteiger partial charge < -0.3 is 20.5 Å². The van der Waals surface area contributed by atoms with E-state index in [1.807, 2.05) is 0 Å². The molecule has 1 unspecified atom stereocenters. The SMILES string of the molecule is C[C@]12CN(Cc3ccc(Cl)cc3)C(O)[C@H](CCN)N1C(=O)CCN2C(=O)OCc1cc(C(F)(F)F)cc(C(F)(F)F)c1. The Kier molecular flexibility index (Phi) is 9.03. The summed E-state index contributed by atoms with van der Waals surface area (Å²) in [6, 6.07) is 6.99. The minimum absolute atomic E-state index is 0.0132. The van der Waals surface area contributed by atoms with E-state index < -0.39 is 59.7 Å². The lowest BCUT2D eigenvalue weighted by Gasteiger charge is -2.60. The van der Waals surface area contributed by atoms with Gasteiger partial charge in [0.1, 0.15) is 18.5 Å². The van der Waals surface area contributed by atoms with Crippen molar-refractivity contribution in [2.75, 3.05) is 19.6 Å². The number of aliphatic hydroxyl groups is 1. The molecule has 2 aromatic rings. The predicted molar refractivity (Wildman–Crippen MR) is 139 cm³/mol. The van der Waals surface area contributed by atoms with Gasteiger partial charge in [-0.1, -0.05) is 23.7 Å². The number of amides is 2. The number of hydrogen-bond acceptors (Lipinski definition) is 6. The second-order valence-electron chi connectivity index (χ2n) is 10.4. The van der Waals surface area contributed by atoms with Crippen molar-refractivity contribution < 1.29 is 45.8 Å². The second-order valence-corrected chi connectivity index (χ2v) is 10.9. The minimum Gasteiger partial charge on any atom is -0.444 e. The lowest BCUT2D eigenvalue weighted by Crippen LogP contribution is -2.78. The topological polar surface area (TPSA) is 99.3 Å². The maximum absolute atomic E-state index is 13.4. The van der Waals surface area contributed by atoms with Crippen molar-refractivity contribution in [2.45, 2.75) is 63.2 Å². The Morgan fingerprint density at radius 1 is 1.07 bits per heavy atom. The van der Waals surface area contributed by atoms with Crippen LogP contribution in [0.5, 0.6) is 0 Å². The molecule has 2 aromatic carbocycles. The van der Waals surface area contributed by atoms with Crippen molar-refractivity contribution >= 4 is 23.6 Å². The highest BCUT2D eigenvalue weighted by Gasteiger charge is 2.56. The molecule has 8 nitrogen and oxygen atoms in total. The molecule has 2 aliphatic rings. The number of halogens is 7. The Balaban J connectivity index is 1.61. The van der Waals surface area contributed by atoms with E-state index in [0.717, 1.165) is 5.56 Å². The van der Waals surface area contributed by atoms with E-state index in [4.69, 9.17) is 22.1 Å². The van der Waals surface area contributed by atoms with Gasteiger partial charge in [0.25, 0.3) is 0 Å². The first-order valence-corrected chi connectivity index (χ1v) is 13.3. The fourth-order valence-electron chi connectivity index (χ4n) is 5.56. The van der Waals surface area contributed by atoms with Gasteiger partial charge in [-0.15, -0.1) is 0 Å². The molecule has 4 rings (SSSR count). The van der Waals surface area contributed by atoms with Crippen LogP contribution in [0.3, 0.4) is 0 Å². The smallest absolute Gasteiger partial charge is 0.416 e. The van der Waals surface area contributed by atoms with E-state index in [1.165, 1.54) is 9.80 Å². The molecule has 2 saturated heterocycles. The van der Waals surface area contributed by atoms with E-state index in [9.17, 15) is 41.0 Å². The van der Waals surface area contributed by atoms with Crippen molar-refractivity contribution in [1.82, 2.24) is 14.7 Å². The van der Waals surface area contributed by atoms with Crippen LogP contribution in [0.2, 0.25) is 5.02 Å². The summed E-state index contributed by atoms with van der Waals surface area (Å²) in [4.78, 5) is 30.7. The largest absolute Gasteiger partial charge is 0.444 e. The zero-order valence-electron chi connectivity index (χ0n) is 22.4. The van der Waals surface area contributed by atoms with Gasteiger partial charge in [0.2, 0.25) is 5.91 Å². The molecule has 2 aliphatic heterocycles. The van der Waals surface area contributed by atoms with Crippen molar-refractivity contribution in [3.63, 3.8) is 0 Å². The lowest BCUT2D eigenvalue weighted by molar-refractivity contribution is -0.209. The van der Waals surface area contributed by atoms with E-state index in [1.54, 1.807) is 36.1 Å². The molecular formula is C27H29ClF6N4O4. The molecule has 2 fully saturated rings. The van der Waals surface area contributed by atoms with Crippen molar-refractivity contribution in [2.24, 2.45) is 5.73 Å². The number of piperazine rings is 1. The minimum atomic E-state index is -5.06. The molecule has 0 radical (unpaired) electrons. The van der Waals surface area contributed by atoms with Crippen LogP contribution < -0.4 is 5.73 Å². The van der Waals surface area contributed by atoms with Gasteiger partial charge in [-0.3, -0.25) is 14.6 Å². The first-order chi connectivity index (χ1) is 19.5. The van der Waals surface area contributed by atoms with E-state index in [2.05, 4.69) is 0 Å². The number of hydrogen-bond donors (Lipinski definition) is 2. The third kappa shape index (κ3) is 6.61. The quantitative estimate of drug-likeness (QED) is 0.449. The zero-order valence-corrected chi connectivity index (χ0v) is 23.1. The molecule has 0 aromatic heterocycles. The number of nitrogens with two attached hydrogens (primary N) is 1. The molecule has 3 N–H and O–H groups in total. The summed E-state index contributed by atoms with van der Waals surface area (Å²) in [5.41, 5.74) is 1.61. The van der Waals surface area contributed by atoms with Crippen LogP contribution >= 0.6 is 11.6 Å². The summed E-state index contributed by atoms with van der Waals surface area (Å²) in [7, 11) is 0. The number of carbonyl (C=O) groups excluding carboxylic acids is 2. The van der Waals surface area contributed by atoms with Crippen LogP contribution in [0.1, 0.15) is 42.0 Å². The zero-order chi connectivity index (χ0) is 31.0. The summed E-state index contributed by atoms with van der Waals surface area (Å²) in [6.07, 6.45) is -12.3. The fourth-order valence-corrected chi connectivity index (χ4v) is 5.69. The maximum atomic E-state index is 13.4. The summed E-state index contributed by atoms with van der Waals surface area (Å²) < 4.78 is 84.9. The highest BCUT2D eigenvalue weighted by Crippen LogP contribution is 2.39. The molecule has 0 bridgehead atoms.